The Hall–Kier alpha value is -2.86. The highest BCUT2D eigenvalue weighted by molar-refractivity contribution is 6.30. The molecule has 1 aliphatic heterocycles. The van der Waals surface area contributed by atoms with Gasteiger partial charge in [0.2, 0.25) is 0 Å². The van der Waals surface area contributed by atoms with Crippen LogP contribution in [0, 0.1) is 0 Å². The van der Waals surface area contributed by atoms with Crippen LogP contribution in [0.25, 0.3) is 11.4 Å². The number of hydrogen-bond acceptors (Lipinski definition) is 4. The van der Waals surface area contributed by atoms with Crippen LogP contribution in [0.15, 0.2) is 48.5 Å². The third-order valence-electron chi connectivity index (χ3n) is 4.39. The molecule has 0 unspecified atom stereocenters. The minimum absolute atomic E-state index is 0.0260. The van der Waals surface area contributed by atoms with E-state index in [0.717, 1.165) is 17.1 Å². The molecule has 6 nitrogen and oxygen atoms in total. The van der Waals surface area contributed by atoms with Gasteiger partial charge < -0.3 is 9.64 Å². The van der Waals surface area contributed by atoms with Gasteiger partial charge in [0.05, 0.1) is 20.2 Å². The Balaban J connectivity index is 1.54. The lowest BCUT2D eigenvalue weighted by atomic mass is 10.2. The van der Waals surface area contributed by atoms with Crippen LogP contribution in [-0.2, 0) is 13.1 Å². The molecule has 4 rings (SSSR count). The summed E-state index contributed by atoms with van der Waals surface area (Å²) >= 11 is 5.89. The summed E-state index contributed by atoms with van der Waals surface area (Å²) in [4.78, 5) is 19.1. The van der Waals surface area contributed by atoms with Gasteiger partial charge in [0.25, 0.3) is 5.91 Å². The maximum atomic E-state index is 12.7. The number of methoxy groups -OCH3 is 1. The minimum atomic E-state index is -0.0260. The number of aromatic nitrogens is 3. The third kappa shape index (κ3) is 3.15. The molecular weight excluding hydrogens is 352 g/mol. The van der Waals surface area contributed by atoms with Crippen molar-refractivity contribution in [1.29, 1.82) is 0 Å². The highest BCUT2D eigenvalue weighted by atomic mass is 35.5. The van der Waals surface area contributed by atoms with Crippen molar-refractivity contribution in [3.05, 3.63) is 64.9 Å². The van der Waals surface area contributed by atoms with Gasteiger partial charge in [-0.15, -0.1) is 0 Å². The van der Waals surface area contributed by atoms with Crippen molar-refractivity contribution in [2.24, 2.45) is 0 Å². The van der Waals surface area contributed by atoms with Crippen molar-refractivity contribution in [2.45, 2.75) is 13.1 Å². The van der Waals surface area contributed by atoms with Gasteiger partial charge in [-0.25, -0.2) is 9.67 Å². The van der Waals surface area contributed by atoms with Crippen LogP contribution in [0.4, 0.5) is 0 Å². The fourth-order valence-corrected chi connectivity index (χ4v) is 3.07. The molecule has 0 saturated carbocycles. The van der Waals surface area contributed by atoms with Crippen molar-refractivity contribution in [3.63, 3.8) is 0 Å². The van der Waals surface area contributed by atoms with Gasteiger partial charge in [-0.1, -0.05) is 11.6 Å². The average molecular weight is 369 g/mol. The summed E-state index contributed by atoms with van der Waals surface area (Å²) in [6.07, 6.45) is 0. The van der Waals surface area contributed by atoms with Gasteiger partial charge in [0.1, 0.15) is 11.6 Å². The van der Waals surface area contributed by atoms with Crippen LogP contribution in [0.3, 0.4) is 0 Å². The normalized spacial score (nSPS) is 13.4. The van der Waals surface area contributed by atoms with Gasteiger partial charge in [-0.2, -0.15) is 5.10 Å². The highest BCUT2D eigenvalue weighted by Crippen LogP contribution is 2.22. The summed E-state index contributed by atoms with van der Waals surface area (Å²) < 4.78 is 7.04. The SMILES string of the molecule is COc1ccc(-c2nc3n(n2)CCN(C(=O)c2ccc(Cl)cc2)C3)cc1. The van der Waals surface area contributed by atoms with E-state index < -0.39 is 0 Å². The maximum absolute atomic E-state index is 12.7. The summed E-state index contributed by atoms with van der Waals surface area (Å²) in [6.45, 7) is 1.66. The fraction of sp³-hybridized carbons (Fsp3) is 0.211. The summed E-state index contributed by atoms with van der Waals surface area (Å²) in [7, 11) is 1.63. The third-order valence-corrected chi connectivity index (χ3v) is 4.64. The molecule has 26 heavy (non-hydrogen) atoms. The van der Waals surface area contributed by atoms with Crippen LogP contribution in [-0.4, -0.2) is 39.2 Å². The number of carbonyl (C=O) groups excluding carboxylic acids is 1. The number of nitrogens with zero attached hydrogens (tertiary/aromatic N) is 4. The summed E-state index contributed by atoms with van der Waals surface area (Å²) in [5.74, 6) is 2.20. The van der Waals surface area contributed by atoms with Crippen LogP contribution < -0.4 is 4.74 Å². The lowest BCUT2D eigenvalue weighted by Crippen LogP contribution is -2.38. The predicted octanol–water partition coefficient (Wildman–Crippen LogP) is 3.26. The molecule has 0 radical (unpaired) electrons. The van der Waals surface area contributed by atoms with E-state index in [1.165, 1.54) is 0 Å². The second kappa shape index (κ2) is 6.80. The Kier molecular flexibility index (Phi) is 4.34. The monoisotopic (exact) mass is 368 g/mol. The molecular formula is C19H17ClN4O2. The number of halogens is 1. The Morgan fingerprint density at radius 1 is 1.08 bits per heavy atom. The van der Waals surface area contributed by atoms with E-state index in [4.69, 9.17) is 16.3 Å². The van der Waals surface area contributed by atoms with Crippen LogP contribution in [0.2, 0.25) is 5.02 Å². The van der Waals surface area contributed by atoms with Gasteiger partial charge in [0, 0.05) is 22.7 Å². The molecule has 0 aliphatic carbocycles. The molecule has 1 aliphatic rings. The van der Waals surface area contributed by atoms with Gasteiger partial charge >= 0.3 is 0 Å². The Labute approximate surface area is 156 Å². The molecule has 0 saturated heterocycles. The molecule has 1 aromatic heterocycles. The van der Waals surface area contributed by atoms with Gasteiger partial charge in [-0.3, -0.25) is 4.79 Å². The number of amides is 1. The van der Waals surface area contributed by atoms with Crippen LogP contribution in [0.5, 0.6) is 5.75 Å². The molecule has 7 heteroatoms. The van der Waals surface area contributed by atoms with E-state index in [-0.39, 0.29) is 5.91 Å². The Morgan fingerprint density at radius 2 is 1.81 bits per heavy atom. The molecule has 0 bridgehead atoms. The van der Waals surface area contributed by atoms with E-state index in [9.17, 15) is 4.79 Å². The standard InChI is InChI=1S/C19H17ClN4O2/c1-26-16-8-4-13(5-9-16)18-21-17-12-23(10-11-24(17)22-18)19(25)14-2-6-15(20)7-3-14/h2-9H,10-12H2,1H3. The maximum Gasteiger partial charge on any atom is 0.254 e. The van der Waals surface area contributed by atoms with Crippen molar-refractivity contribution in [3.8, 4) is 17.1 Å². The topological polar surface area (TPSA) is 60.2 Å². The van der Waals surface area contributed by atoms with Crippen molar-refractivity contribution in [1.82, 2.24) is 19.7 Å². The lowest BCUT2D eigenvalue weighted by Gasteiger charge is -2.26. The van der Waals surface area contributed by atoms with E-state index in [1.54, 1.807) is 36.3 Å². The number of ether oxygens (including phenoxy) is 1. The first-order valence-corrected chi connectivity index (χ1v) is 8.65. The fourth-order valence-electron chi connectivity index (χ4n) is 2.95. The van der Waals surface area contributed by atoms with E-state index in [1.807, 2.05) is 28.9 Å². The van der Waals surface area contributed by atoms with Crippen LogP contribution >= 0.6 is 11.6 Å². The second-order valence-corrected chi connectivity index (χ2v) is 6.47. The van der Waals surface area contributed by atoms with E-state index in [2.05, 4.69) is 10.1 Å². The Bertz CT molecular complexity index is 935. The second-order valence-electron chi connectivity index (χ2n) is 6.04. The molecule has 132 valence electrons. The first kappa shape index (κ1) is 16.6. The van der Waals surface area contributed by atoms with Gasteiger partial charge in [0.15, 0.2) is 5.82 Å². The molecule has 3 aromatic rings. The molecule has 0 spiro atoms. The predicted molar refractivity (Wildman–Crippen MR) is 98.2 cm³/mol. The van der Waals surface area contributed by atoms with Crippen molar-refractivity contribution < 1.29 is 9.53 Å². The first-order valence-electron chi connectivity index (χ1n) is 8.27. The quantitative estimate of drug-likeness (QED) is 0.712. The van der Waals surface area contributed by atoms with Crippen molar-refractivity contribution in [2.75, 3.05) is 13.7 Å². The zero-order valence-corrected chi connectivity index (χ0v) is 15.0. The summed E-state index contributed by atoms with van der Waals surface area (Å²) in [5, 5.41) is 5.18. The zero-order valence-electron chi connectivity index (χ0n) is 14.2. The number of rotatable bonds is 3. The smallest absolute Gasteiger partial charge is 0.254 e. The number of benzene rings is 2. The average Bonchev–Trinajstić information content (AvgIpc) is 3.11. The molecule has 0 fully saturated rings. The van der Waals surface area contributed by atoms with Crippen molar-refractivity contribution >= 4 is 17.5 Å². The van der Waals surface area contributed by atoms with E-state index in [0.29, 0.717) is 36.0 Å². The Morgan fingerprint density at radius 3 is 2.50 bits per heavy atom. The molecule has 1 amide bonds. The summed E-state index contributed by atoms with van der Waals surface area (Å²) in [6, 6.07) is 14.6. The number of fused-ring (bicyclic) bond motifs is 1. The van der Waals surface area contributed by atoms with Crippen LogP contribution in [0.1, 0.15) is 16.2 Å². The van der Waals surface area contributed by atoms with E-state index >= 15 is 0 Å². The minimum Gasteiger partial charge on any atom is -0.497 e. The molecule has 2 heterocycles. The largest absolute Gasteiger partial charge is 0.497 e. The highest BCUT2D eigenvalue weighted by Gasteiger charge is 2.24. The number of hydrogen-bond donors (Lipinski definition) is 0. The zero-order chi connectivity index (χ0) is 18.1. The molecule has 0 N–H and O–H groups in total. The number of carbonyl (C=O) groups is 1. The summed E-state index contributed by atoms with van der Waals surface area (Å²) in [5.41, 5.74) is 1.54. The molecule has 2 aromatic carbocycles. The van der Waals surface area contributed by atoms with Gasteiger partial charge in [-0.05, 0) is 48.5 Å². The molecule has 0 atom stereocenters. The lowest BCUT2D eigenvalue weighted by molar-refractivity contribution is 0.0702. The first-order chi connectivity index (χ1) is 12.6.